The first-order valence-electron chi connectivity index (χ1n) is 3.38. The van der Waals surface area contributed by atoms with Gasteiger partial charge in [-0.3, -0.25) is 4.79 Å². The molecule has 0 saturated carbocycles. The molecule has 0 aromatic carbocycles. The highest BCUT2D eigenvalue weighted by Crippen LogP contribution is 2.24. The summed E-state index contributed by atoms with van der Waals surface area (Å²) in [6.07, 6.45) is -3.52. The summed E-state index contributed by atoms with van der Waals surface area (Å²) in [4.78, 5) is 10.5. The second-order valence-corrected chi connectivity index (χ2v) is 2.37. The molecular weight excluding hydrogens is 190 g/mol. The van der Waals surface area contributed by atoms with Gasteiger partial charge >= 0.3 is 12.3 Å². The lowest BCUT2D eigenvalue weighted by atomic mass is 10.2. The van der Waals surface area contributed by atoms with Gasteiger partial charge in [0.25, 0.3) is 0 Å². The molecule has 0 aromatic heterocycles. The number of hydrogen-bond donors (Lipinski definition) is 1. The third kappa shape index (κ3) is 3.04. The van der Waals surface area contributed by atoms with Crippen LogP contribution in [-0.4, -0.2) is 25.2 Å². The van der Waals surface area contributed by atoms with Gasteiger partial charge in [0.15, 0.2) is 0 Å². The van der Waals surface area contributed by atoms with Gasteiger partial charge in [0, 0.05) is 18.8 Å². The van der Waals surface area contributed by atoms with Crippen LogP contribution >= 0.6 is 0 Å². The molecule has 0 atom stereocenters. The van der Waals surface area contributed by atoms with Crippen LogP contribution < -0.4 is 5.32 Å². The molecule has 0 unspecified atom stereocenters. The van der Waals surface area contributed by atoms with Gasteiger partial charge in [-0.15, -0.1) is 0 Å². The number of carbonyl (C=O) groups excluding carboxylic acids is 1. The van der Waals surface area contributed by atoms with Crippen molar-refractivity contribution in [3.8, 4) is 0 Å². The third-order valence-corrected chi connectivity index (χ3v) is 1.34. The quantitative estimate of drug-likeness (QED) is 0.550. The molecule has 0 aliphatic heterocycles. The minimum atomic E-state index is -4.60. The van der Waals surface area contributed by atoms with Crippen molar-refractivity contribution in [3.05, 3.63) is 11.8 Å². The van der Waals surface area contributed by atoms with Gasteiger partial charge in [0.2, 0.25) is 5.78 Å². The molecule has 0 heterocycles. The SMILES string of the molecule is CNC(C)=CC(=O)C(F)(F)C(F)F. The van der Waals surface area contributed by atoms with E-state index in [2.05, 4.69) is 5.32 Å². The standard InChI is InChI=1S/C7H9F4NO/c1-4(12-2)3-5(13)7(10,11)6(8)9/h3,6,12H,1-2H3. The fraction of sp³-hybridized carbons (Fsp3) is 0.571. The first kappa shape index (κ1) is 11.9. The summed E-state index contributed by atoms with van der Waals surface area (Å²) < 4.78 is 47.7. The van der Waals surface area contributed by atoms with E-state index in [1.165, 1.54) is 14.0 Å². The zero-order valence-electron chi connectivity index (χ0n) is 7.07. The van der Waals surface area contributed by atoms with E-state index in [0.29, 0.717) is 6.08 Å². The second-order valence-electron chi connectivity index (χ2n) is 2.37. The van der Waals surface area contributed by atoms with Crippen LogP contribution in [-0.2, 0) is 4.79 Å². The molecule has 6 heteroatoms. The van der Waals surface area contributed by atoms with Crippen LogP contribution in [0.3, 0.4) is 0 Å². The third-order valence-electron chi connectivity index (χ3n) is 1.34. The highest BCUT2D eigenvalue weighted by atomic mass is 19.3. The molecule has 13 heavy (non-hydrogen) atoms. The Kier molecular flexibility index (Phi) is 3.90. The van der Waals surface area contributed by atoms with Gasteiger partial charge in [-0.25, -0.2) is 8.78 Å². The summed E-state index contributed by atoms with van der Waals surface area (Å²) in [5.74, 6) is -6.49. The molecule has 0 saturated heterocycles. The number of rotatable bonds is 4. The predicted octanol–water partition coefficient (Wildman–Crippen LogP) is 1.58. The topological polar surface area (TPSA) is 29.1 Å². The van der Waals surface area contributed by atoms with Crippen LogP contribution in [0, 0.1) is 0 Å². The fourth-order valence-corrected chi connectivity index (χ4v) is 0.473. The average molecular weight is 199 g/mol. The number of nitrogens with one attached hydrogen (secondary N) is 1. The fourth-order valence-electron chi connectivity index (χ4n) is 0.473. The number of alkyl halides is 4. The molecule has 0 spiro atoms. The Bertz CT molecular complexity index is 225. The first-order chi connectivity index (χ1) is 5.82. The lowest BCUT2D eigenvalue weighted by Crippen LogP contribution is -2.35. The molecule has 0 fully saturated rings. The number of halogens is 4. The summed E-state index contributed by atoms with van der Waals surface area (Å²) in [6, 6.07) is 0. The van der Waals surface area contributed by atoms with Gasteiger partial charge in [-0.2, -0.15) is 8.78 Å². The van der Waals surface area contributed by atoms with Crippen molar-refractivity contribution in [1.82, 2.24) is 5.32 Å². The van der Waals surface area contributed by atoms with Crippen LogP contribution in [0.4, 0.5) is 17.6 Å². The molecule has 0 aliphatic carbocycles. The Morgan fingerprint density at radius 1 is 1.46 bits per heavy atom. The van der Waals surface area contributed by atoms with Crippen molar-refractivity contribution in [2.24, 2.45) is 0 Å². The molecule has 0 rings (SSSR count). The lowest BCUT2D eigenvalue weighted by molar-refractivity contribution is -0.161. The van der Waals surface area contributed by atoms with Crippen molar-refractivity contribution in [1.29, 1.82) is 0 Å². The van der Waals surface area contributed by atoms with E-state index in [0.717, 1.165) is 0 Å². The zero-order valence-corrected chi connectivity index (χ0v) is 7.07. The number of ketones is 1. The predicted molar refractivity (Wildman–Crippen MR) is 38.8 cm³/mol. The summed E-state index contributed by atoms with van der Waals surface area (Å²) in [6.45, 7) is 1.32. The van der Waals surface area contributed by atoms with E-state index in [9.17, 15) is 22.4 Å². The highest BCUT2D eigenvalue weighted by Gasteiger charge is 2.47. The van der Waals surface area contributed by atoms with Crippen LogP contribution in [0.2, 0.25) is 0 Å². The van der Waals surface area contributed by atoms with Crippen LogP contribution in [0.1, 0.15) is 6.92 Å². The van der Waals surface area contributed by atoms with Crippen molar-refractivity contribution >= 4 is 5.78 Å². The molecule has 76 valence electrons. The minimum Gasteiger partial charge on any atom is -0.392 e. The van der Waals surface area contributed by atoms with Crippen molar-refractivity contribution in [2.45, 2.75) is 19.3 Å². The van der Waals surface area contributed by atoms with E-state index in [-0.39, 0.29) is 5.70 Å². The highest BCUT2D eigenvalue weighted by molar-refractivity contribution is 5.96. The molecular formula is C7H9F4NO. The normalized spacial score (nSPS) is 13.3. The summed E-state index contributed by atoms with van der Waals surface area (Å²) in [5.41, 5.74) is 0.102. The van der Waals surface area contributed by atoms with Gasteiger partial charge in [-0.05, 0) is 6.92 Å². The molecule has 0 bridgehead atoms. The Hall–Kier alpha value is -1.07. The summed E-state index contributed by atoms with van der Waals surface area (Å²) in [7, 11) is 1.39. The average Bonchev–Trinajstić information content (AvgIpc) is 2.03. The molecule has 0 aliphatic rings. The van der Waals surface area contributed by atoms with Crippen LogP contribution in [0.15, 0.2) is 11.8 Å². The Labute approximate surface area is 72.6 Å². The largest absolute Gasteiger partial charge is 0.392 e. The number of allylic oxidation sites excluding steroid dienone is 2. The Morgan fingerprint density at radius 2 is 1.92 bits per heavy atom. The zero-order chi connectivity index (χ0) is 10.6. The van der Waals surface area contributed by atoms with E-state index < -0.39 is 18.1 Å². The second kappa shape index (κ2) is 4.25. The number of hydrogen-bond acceptors (Lipinski definition) is 2. The molecule has 0 radical (unpaired) electrons. The van der Waals surface area contributed by atoms with E-state index in [4.69, 9.17) is 0 Å². The van der Waals surface area contributed by atoms with E-state index >= 15 is 0 Å². The molecule has 1 N–H and O–H groups in total. The van der Waals surface area contributed by atoms with Crippen molar-refractivity contribution in [3.63, 3.8) is 0 Å². The van der Waals surface area contributed by atoms with E-state index in [1.807, 2.05) is 0 Å². The Morgan fingerprint density at radius 3 is 2.23 bits per heavy atom. The van der Waals surface area contributed by atoms with Crippen molar-refractivity contribution in [2.75, 3.05) is 7.05 Å². The summed E-state index contributed by atoms with van der Waals surface area (Å²) >= 11 is 0. The maximum Gasteiger partial charge on any atom is 0.368 e. The van der Waals surface area contributed by atoms with Gasteiger partial charge < -0.3 is 5.32 Å². The smallest absolute Gasteiger partial charge is 0.368 e. The maximum absolute atomic E-state index is 12.3. The van der Waals surface area contributed by atoms with Crippen molar-refractivity contribution < 1.29 is 22.4 Å². The van der Waals surface area contributed by atoms with Gasteiger partial charge in [-0.1, -0.05) is 0 Å². The minimum absolute atomic E-state index is 0.102. The Balaban J connectivity index is 4.61. The molecule has 0 amide bonds. The summed E-state index contributed by atoms with van der Waals surface area (Å²) in [5, 5.41) is 2.37. The number of carbonyl (C=O) groups is 1. The maximum atomic E-state index is 12.3. The molecule has 2 nitrogen and oxygen atoms in total. The first-order valence-corrected chi connectivity index (χ1v) is 3.38. The lowest BCUT2D eigenvalue weighted by Gasteiger charge is -2.11. The van der Waals surface area contributed by atoms with Crippen LogP contribution in [0.5, 0.6) is 0 Å². The monoisotopic (exact) mass is 199 g/mol. The van der Waals surface area contributed by atoms with E-state index in [1.54, 1.807) is 0 Å². The van der Waals surface area contributed by atoms with Gasteiger partial charge in [0.1, 0.15) is 0 Å². The van der Waals surface area contributed by atoms with Gasteiger partial charge in [0.05, 0.1) is 0 Å². The van der Waals surface area contributed by atoms with Crippen LogP contribution in [0.25, 0.3) is 0 Å². The molecule has 0 aromatic rings.